The zero-order valence-electron chi connectivity index (χ0n) is 8.10. The van der Waals surface area contributed by atoms with Gasteiger partial charge in [0.25, 0.3) is 0 Å². The summed E-state index contributed by atoms with van der Waals surface area (Å²) in [7, 11) is 3.95. The summed E-state index contributed by atoms with van der Waals surface area (Å²) < 4.78 is 0. The molecule has 3 nitrogen and oxygen atoms in total. The van der Waals surface area contributed by atoms with Crippen LogP contribution >= 0.6 is 11.6 Å². The van der Waals surface area contributed by atoms with Crippen molar-refractivity contribution in [3.05, 3.63) is 0 Å². The lowest BCUT2D eigenvalue weighted by atomic mass is 10.3. The van der Waals surface area contributed by atoms with Gasteiger partial charge < -0.3 is 10.2 Å². The van der Waals surface area contributed by atoms with Crippen molar-refractivity contribution in [2.75, 3.05) is 20.6 Å². The van der Waals surface area contributed by atoms with Gasteiger partial charge in [-0.15, -0.1) is 11.6 Å². The van der Waals surface area contributed by atoms with E-state index in [1.54, 1.807) is 6.92 Å². The lowest BCUT2D eigenvalue weighted by Crippen LogP contribution is -2.40. The van der Waals surface area contributed by atoms with Crippen LogP contribution in [0, 0.1) is 0 Å². The van der Waals surface area contributed by atoms with E-state index in [0.29, 0.717) is 12.6 Å². The zero-order chi connectivity index (χ0) is 9.72. The van der Waals surface area contributed by atoms with Crippen LogP contribution in [0.3, 0.4) is 0 Å². The van der Waals surface area contributed by atoms with E-state index in [2.05, 4.69) is 5.32 Å². The van der Waals surface area contributed by atoms with Crippen molar-refractivity contribution in [2.24, 2.45) is 0 Å². The molecule has 1 amide bonds. The number of nitrogens with one attached hydrogen (secondary N) is 1. The van der Waals surface area contributed by atoms with Crippen LogP contribution < -0.4 is 5.32 Å². The van der Waals surface area contributed by atoms with Crippen LogP contribution in [-0.4, -0.2) is 42.9 Å². The van der Waals surface area contributed by atoms with E-state index in [1.807, 2.05) is 25.9 Å². The Labute approximate surface area is 79.1 Å². The van der Waals surface area contributed by atoms with Gasteiger partial charge in [0, 0.05) is 12.6 Å². The summed E-state index contributed by atoms with van der Waals surface area (Å²) in [6.45, 7) is 4.35. The summed E-state index contributed by atoms with van der Waals surface area (Å²) in [5.74, 6) is -0.106. The van der Waals surface area contributed by atoms with Crippen molar-refractivity contribution in [3.63, 3.8) is 0 Å². The highest BCUT2D eigenvalue weighted by Gasteiger charge is 2.10. The van der Waals surface area contributed by atoms with Crippen molar-refractivity contribution < 1.29 is 4.79 Å². The number of alkyl halides is 1. The number of carbonyl (C=O) groups excluding carboxylic acids is 1. The number of hydrogen-bond acceptors (Lipinski definition) is 2. The number of amides is 1. The highest BCUT2D eigenvalue weighted by atomic mass is 35.5. The highest BCUT2D eigenvalue weighted by Crippen LogP contribution is 1.94. The van der Waals surface area contributed by atoms with E-state index in [1.165, 1.54) is 0 Å². The molecule has 0 rings (SSSR count). The second-order valence-electron chi connectivity index (χ2n) is 3.17. The topological polar surface area (TPSA) is 32.3 Å². The highest BCUT2D eigenvalue weighted by molar-refractivity contribution is 6.30. The Hall–Kier alpha value is -0.280. The lowest BCUT2D eigenvalue weighted by molar-refractivity contribution is -0.120. The molecule has 0 aliphatic heterocycles. The van der Waals surface area contributed by atoms with Crippen LogP contribution in [0.4, 0.5) is 0 Å². The van der Waals surface area contributed by atoms with Gasteiger partial charge in [0.15, 0.2) is 0 Å². The largest absolute Gasteiger partial charge is 0.353 e. The molecule has 4 heteroatoms. The summed E-state index contributed by atoms with van der Waals surface area (Å²) >= 11 is 5.57. The Morgan fingerprint density at radius 1 is 1.50 bits per heavy atom. The molecular weight excluding hydrogens is 176 g/mol. The number of nitrogens with zero attached hydrogens (tertiary/aromatic N) is 1. The molecule has 2 atom stereocenters. The number of likely N-dealkylation sites (N-methyl/N-ethyl adjacent to an activating group) is 1. The Morgan fingerprint density at radius 2 is 2.00 bits per heavy atom. The van der Waals surface area contributed by atoms with Crippen LogP contribution in [-0.2, 0) is 4.79 Å². The standard InChI is InChI=1S/C8H17ClN2O/c1-6(11(3)4)5-10-8(12)7(2)9/h6-7H,5H2,1-4H3,(H,10,12). The number of hydrogen-bond donors (Lipinski definition) is 1. The second-order valence-corrected chi connectivity index (χ2v) is 3.83. The van der Waals surface area contributed by atoms with Crippen LogP contribution in [0.2, 0.25) is 0 Å². The van der Waals surface area contributed by atoms with E-state index < -0.39 is 5.38 Å². The minimum Gasteiger partial charge on any atom is -0.353 e. The maximum absolute atomic E-state index is 11.0. The van der Waals surface area contributed by atoms with Gasteiger partial charge in [0.05, 0.1) is 0 Å². The Kier molecular flexibility index (Phi) is 5.25. The second kappa shape index (κ2) is 5.38. The molecule has 72 valence electrons. The Morgan fingerprint density at radius 3 is 2.33 bits per heavy atom. The molecule has 0 spiro atoms. The molecule has 0 saturated carbocycles. The van der Waals surface area contributed by atoms with E-state index >= 15 is 0 Å². The monoisotopic (exact) mass is 192 g/mol. The number of halogens is 1. The van der Waals surface area contributed by atoms with Crippen molar-refractivity contribution in [2.45, 2.75) is 25.3 Å². The summed E-state index contributed by atoms with van der Waals surface area (Å²) in [6.07, 6.45) is 0. The Balaban J connectivity index is 3.61. The molecular formula is C8H17ClN2O. The van der Waals surface area contributed by atoms with Crippen molar-refractivity contribution >= 4 is 17.5 Å². The third-order valence-corrected chi connectivity index (χ3v) is 2.01. The Bertz CT molecular complexity index is 148. The summed E-state index contributed by atoms with van der Waals surface area (Å²) in [5, 5.41) is 2.31. The van der Waals surface area contributed by atoms with Crippen LogP contribution in [0.1, 0.15) is 13.8 Å². The molecule has 0 aliphatic carbocycles. The van der Waals surface area contributed by atoms with Crippen molar-refractivity contribution in [1.29, 1.82) is 0 Å². The minimum atomic E-state index is -0.445. The van der Waals surface area contributed by atoms with Gasteiger partial charge in [-0.25, -0.2) is 0 Å². The van der Waals surface area contributed by atoms with Crippen molar-refractivity contribution in [1.82, 2.24) is 10.2 Å². The minimum absolute atomic E-state index is 0.106. The quantitative estimate of drug-likeness (QED) is 0.665. The predicted molar refractivity (Wildman–Crippen MR) is 51.5 cm³/mol. The average Bonchev–Trinajstić information content (AvgIpc) is 1.98. The predicted octanol–water partition coefficient (Wildman–Crippen LogP) is 0.680. The fourth-order valence-electron chi connectivity index (χ4n) is 0.572. The maximum Gasteiger partial charge on any atom is 0.237 e. The molecule has 2 unspecified atom stereocenters. The van der Waals surface area contributed by atoms with Crippen LogP contribution in [0.5, 0.6) is 0 Å². The van der Waals surface area contributed by atoms with Gasteiger partial charge in [-0.3, -0.25) is 4.79 Å². The van der Waals surface area contributed by atoms with Crippen LogP contribution in [0.25, 0.3) is 0 Å². The average molecular weight is 193 g/mol. The molecule has 0 aromatic carbocycles. The SMILES string of the molecule is CC(Cl)C(=O)NCC(C)N(C)C. The molecule has 12 heavy (non-hydrogen) atoms. The van der Waals surface area contributed by atoms with E-state index in [-0.39, 0.29) is 5.91 Å². The molecule has 0 aromatic heterocycles. The molecule has 0 aromatic rings. The third-order valence-electron chi connectivity index (χ3n) is 1.81. The number of carbonyl (C=O) groups is 1. The maximum atomic E-state index is 11.0. The lowest BCUT2D eigenvalue weighted by Gasteiger charge is -2.20. The van der Waals surface area contributed by atoms with Gasteiger partial charge in [0.2, 0.25) is 5.91 Å². The smallest absolute Gasteiger partial charge is 0.237 e. The molecule has 0 aliphatic rings. The summed E-state index contributed by atoms with van der Waals surface area (Å²) in [5.41, 5.74) is 0. The van der Waals surface area contributed by atoms with Gasteiger partial charge in [-0.1, -0.05) is 0 Å². The fraction of sp³-hybridized carbons (Fsp3) is 0.875. The van der Waals surface area contributed by atoms with Crippen molar-refractivity contribution in [3.8, 4) is 0 Å². The first-order valence-corrected chi connectivity index (χ1v) is 4.47. The molecule has 1 N–H and O–H groups in total. The van der Waals surface area contributed by atoms with Gasteiger partial charge in [-0.05, 0) is 27.9 Å². The van der Waals surface area contributed by atoms with E-state index in [0.717, 1.165) is 0 Å². The first-order valence-electron chi connectivity index (χ1n) is 4.03. The molecule has 0 fully saturated rings. The fourth-order valence-corrected chi connectivity index (χ4v) is 0.649. The summed E-state index contributed by atoms with van der Waals surface area (Å²) in [4.78, 5) is 13.0. The third kappa shape index (κ3) is 4.57. The van der Waals surface area contributed by atoms with Gasteiger partial charge >= 0.3 is 0 Å². The first kappa shape index (κ1) is 11.7. The molecule has 0 bridgehead atoms. The first-order chi connectivity index (χ1) is 5.45. The van der Waals surface area contributed by atoms with Gasteiger partial charge in [0.1, 0.15) is 5.38 Å². The van der Waals surface area contributed by atoms with Crippen LogP contribution in [0.15, 0.2) is 0 Å². The van der Waals surface area contributed by atoms with E-state index in [4.69, 9.17) is 11.6 Å². The molecule has 0 saturated heterocycles. The molecule has 0 radical (unpaired) electrons. The zero-order valence-corrected chi connectivity index (χ0v) is 8.85. The molecule has 0 heterocycles. The normalized spacial score (nSPS) is 15.8. The number of rotatable bonds is 4. The van der Waals surface area contributed by atoms with Gasteiger partial charge in [-0.2, -0.15) is 0 Å². The van der Waals surface area contributed by atoms with E-state index in [9.17, 15) is 4.79 Å². The summed E-state index contributed by atoms with van der Waals surface area (Å²) in [6, 6.07) is 0.337.